The van der Waals surface area contributed by atoms with Crippen molar-refractivity contribution in [1.29, 1.82) is 0 Å². The van der Waals surface area contributed by atoms with Gasteiger partial charge in [-0.2, -0.15) is 0 Å². The third kappa shape index (κ3) is 4.77. The van der Waals surface area contributed by atoms with Gasteiger partial charge in [-0.15, -0.1) is 0 Å². The summed E-state index contributed by atoms with van der Waals surface area (Å²) in [5.41, 5.74) is 4.13. The number of halogens is 1. The van der Waals surface area contributed by atoms with Crippen molar-refractivity contribution in [1.82, 2.24) is 0 Å². The summed E-state index contributed by atoms with van der Waals surface area (Å²) in [6, 6.07) is 20.3. The highest BCUT2D eigenvalue weighted by molar-refractivity contribution is 9.09. The van der Waals surface area contributed by atoms with E-state index in [-0.39, 0.29) is 0 Å². The van der Waals surface area contributed by atoms with Gasteiger partial charge in [-0.1, -0.05) is 89.0 Å². The molecule has 0 N–H and O–H groups in total. The Morgan fingerprint density at radius 3 is 2.24 bits per heavy atom. The predicted molar refractivity (Wildman–Crippen MR) is 95.3 cm³/mol. The van der Waals surface area contributed by atoms with Crippen molar-refractivity contribution in [3.63, 3.8) is 0 Å². The van der Waals surface area contributed by atoms with Gasteiger partial charge in [0.05, 0.1) is 0 Å². The van der Waals surface area contributed by atoms with Crippen LogP contribution in [0.3, 0.4) is 0 Å². The van der Waals surface area contributed by atoms with Gasteiger partial charge in [-0.3, -0.25) is 0 Å². The van der Waals surface area contributed by atoms with Crippen LogP contribution in [-0.4, -0.2) is 5.33 Å². The van der Waals surface area contributed by atoms with Gasteiger partial charge >= 0.3 is 0 Å². The molecule has 0 aliphatic rings. The van der Waals surface area contributed by atoms with E-state index >= 15 is 0 Å². The minimum atomic E-state index is 0.853. The lowest BCUT2D eigenvalue weighted by Crippen LogP contribution is -1.88. The van der Waals surface area contributed by atoms with Crippen LogP contribution in [0.5, 0.6) is 0 Å². The van der Waals surface area contributed by atoms with Crippen LogP contribution in [0, 0.1) is 11.8 Å². The van der Waals surface area contributed by atoms with Gasteiger partial charge in [-0.05, 0) is 29.7 Å². The van der Waals surface area contributed by atoms with Crippen LogP contribution in [0.1, 0.15) is 17.5 Å². The summed E-state index contributed by atoms with van der Waals surface area (Å²) in [6.07, 6.45) is 3.14. The van der Waals surface area contributed by atoms with Crippen LogP contribution in [0.2, 0.25) is 0 Å². The molecule has 2 aromatic rings. The van der Waals surface area contributed by atoms with Gasteiger partial charge in [0.15, 0.2) is 0 Å². The number of hydrogen-bond acceptors (Lipinski definition) is 0. The van der Waals surface area contributed by atoms with Crippen molar-refractivity contribution >= 4 is 21.5 Å². The molecule has 0 unspecified atom stereocenters. The van der Waals surface area contributed by atoms with Crippen molar-refractivity contribution < 1.29 is 0 Å². The number of hydrogen-bond donors (Lipinski definition) is 0. The maximum atomic E-state index is 4.14. The maximum absolute atomic E-state index is 4.14. The van der Waals surface area contributed by atoms with Gasteiger partial charge < -0.3 is 0 Å². The lowest BCUT2D eigenvalue weighted by Gasteiger charge is -2.06. The van der Waals surface area contributed by atoms with E-state index in [0.29, 0.717) is 0 Å². The quantitative estimate of drug-likeness (QED) is 0.395. The van der Waals surface area contributed by atoms with Gasteiger partial charge in [0.2, 0.25) is 0 Å². The third-order valence-corrected chi connectivity index (χ3v) is 3.46. The summed E-state index contributed by atoms with van der Waals surface area (Å²) in [4.78, 5) is 0. The fourth-order valence-corrected chi connectivity index (χ4v) is 2.20. The molecule has 0 fully saturated rings. The van der Waals surface area contributed by atoms with E-state index in [1.165, 1.54) is 0 Å². The topological polar surface area (TPSA) is 0 Å². The molecule has 0 atom stereocenters. The smallest absolute Gasteiger partial charge is 0.0252 e. The highest BCUT2D eigenvalue weighted by Crippen LogP contribution is 2.22. The number of benzene rings is 2. The molecule has 0 radical (unpaired) electrons. The van der Waals surface area contributed by atoms with Crippen LogP contribution < -0.4 is 0 Å². The van der Waals surface area contributed by atoms with Crippen molar-refractivity contribution in [3.8, 4) is 11.8 Å². The maximum Gasteiger partial charge on any atom is 0.0252 e. The molecule has 0 saturated carbocycles. The first-order chi connectivity index (χ1) is 10.3. The largest absolute Gasteiger partial charge is 0.0925 e. The zero-order chi connectivity index (χ0) is 14.9. The highest BCUT2D eigenvalue weighted by Gasteiger charge is 2.03. The zero-order valence-electron chi connectivity index (χ0n) is 11.9. The molecule has 0 aliphatic carbocycles. The molecular weight excluding hydrogens is 320 g/mol. The van der Waals surface area contributed by atoms with E-state index in [4.69, 9.17) is 0 Å². The molecule has 1 heteroatoms. The van der Waals surface area contributed by atoms with E-state index in [2.05, 4.69) is 52.6 Å². The SMILES string of the molecule is C=C(C#Cc1ccccc1)/C(=C/CCBr)c1ccccc1. The Bertz CT molecular complexity index is 670. The molecule has 0 heterocycles. The lowest BCUT2D eigenvalue weighted by atomic mass is 9.98. The average molecular weight is 337 g/mol. The van der Waals surface area contributed by atoms with Crippen LogP contribution in [0.4, 0.5) is 0 Å². The Balaban J connectivity index is 2.26. The van der Waals surface area contributed by atoms with Gasteiger partial charge in [-0.25, -0.2) is 0 Å². The van der Waals surface area contributed by atoms with Gasteiger partial charge in [0.1, 0.15) is 0 Å². The second-order valence-electron chi connectivity index (χ2n) is 4.56. The van der Waals surface area contributed by atoms with Crippen LogP contribution in [0.15, 0.2) is 78.9 Å². The van der Waals surface area contributed by atoms with Gasteiger partial charge in [0.25, 0.3) is 0 Å². The second kappa shape index (κ2) is 8.29. The van der Waals surface area contributed by atoms with E-state index in [9.17, 15) is 0 Å². The lowest BCUT2D eigenvalue weighted by molar-refractivity contribution is 1.26. The third-order valence-electron chi connectivity index (χ3n) is 3.00. The Morgan fingerprint density at radius 1 is 1.00 bits per heavy atom. The molecule has 0 saturated heterocycles. The predicted octanol–water partition coefficient (Wildman–Crippen LogP) is 5.46. The fraction of sp³-hybridized carbons (Fsp3) is 0.100. The monoisotopic (exact) mass is 336 g/mol. The van der Waals surface area contributed by atoms with Crippen LogP contribution in [-0.2, 0) is 0 Å². The normalized spacial score (nSPS) is 10.6. The summed E-state index contributed by atoms with van der Waals surface area (Å²) in [7, 11) is 0. The first-order valence-electron chi connectivity index (χ1n) is 6.89. The van der Waals surface area contributed by atoms with Crippen LogP contribution in [0.25, 0.3) is 5.57 Å². The van der Waals surface area contributed by atoms with Gasteiger partial charge in [0, 0.05) is 16.5 Å². The van der Waals surface area contributed by atoms with Crippen molar-refractivity contribution in [2.75, 3.05) is 5.33 Å². The summed E-state index contributed by atoms with van der Waals surface area (Å²) in [5.74, 6) is 6.35. The molecule has 2 rings (SSSR count). The Morgan fingerprint density at radius 2 is 1.62 bits per heavy atom. The van der Waals surface area contributed by atoms with Crippen molar-refractivity contribution in [3.05, 3.63) is 90.0 Å². The molecule has 21 heavy (non-hydrogen) atoms. The second-order valence-corrected chi connectivity index (χ2v) is 5.35. The molecule has 0 spiro atoms. The minimum Gasteiger partial charge on any atom is -0.0925 e. The molecule has 0 amide bonds. The Hall–Kier alpha value is -2.04. The summed E-state index contributed by atoms with van der Waals surface area (Å²) >= 11 is 3.46. The first-order valence-corrected chi connectivity index (χ1v) is 8.01. The number of alkyl halides is 1. The molecular formula is C20H17Br. The molecule has 0 aromatic heterocycles. The minimum absolute atomic E-state index is 0.853. The van der Waals surface area contributed by atoms with Crippen molar-refractivity contribution in [2.24, 2.45) is 0 Å². The highest BCUT2D eigenvalue weighted by atomic mass is 79.9. The first kappa shape index (κ1) is 15.4. The molecule has 0 nitrogen and oxygen atoms in total. The van der Waals surface area contributed by atoms with Crippen LogP contribution >= 0.6 is 15.9 Å². The number of allylic oxidation sites excluding steroid dienone is 3. The summed E-state index contributed by atoms with van der Waals surface area (Å²) < 4.78 is 0. The van der Waals surface area contributed by atoms with E-state index in [1.807, 2.05) is 48.5 Å². The van der Waals surface area contributed by atoms with E-state index < -0.39 is 0 Å². The Labute approximate surface area is 135 Å². The van der Waals surface area contributed by atoms with E-state index in [1.54, 1.807) is 0 Å². The number of rotatable bonds is 4. The van der Waals surface area contributed by atoms with E-state index in [0.717, 1.165) is 34.0 Å². The average Bonchev–Trinajstić information content (AvgIpc) is 2.55. The molecule has 2 aromatic carbocycles. The molecule has 0 aliphatic heterocycles. The molecule has 104 valence electrons. The van der Waals surface area contributed by atoms with Crippen molar-refractivity contribution in [2.45, 2.75) is 6.42 Å². The molecule has 0 bridgehead atoms. The fourth-order valence-electron chi connectivity index (χ4n) is 1.97. The zero-order valence-corrected chi connectivity index (χ0v) is 13.4. The standard InChI is InChI=1S/C20H17Br/c1-17(14-15-18-9-4-2-5-10-18)20(13-8-16-21)19-11-6-3-7-12-19/h2-7,9-13H,1,8,16H2/b20-13-. The summed E-state index contributed by atoms with van der Waals surface area (Å²) in [5, 5.41) is 0.933. The summed E-state index contributed by atoms with van der Waals surface area (Å²) in [6.45, 7) is 4.14. The Kier molecular flexibility index (Phi) is 6.06.